The summed E-state index contributed by atoms with van der Waals surface area (Å²) in [7, 11) is -2.38. The number of benzene rings is 2. The maximum Gasteiger partial charge on any atom is 0.261 e. The van der Waals surface area contributed by atoms with E-state index in [1.807, 2.05) is 6.08 Å². The van der Waals surface area contributed by atoms with Crippen molar-refractivity contribution in [3.8, 4) is 0 Å². The van der Waals surface area contributed by atoms with E-state index >= 15 is 0 Å². The largest absolute Gasteiger partial charge is 0.407 e. The lowest BCUT2D eigenvalue weighted by Crippen LogP contribution is -2.66. The predicted molar refractivity (Wildman–Crippen MR) is 103 cm³/mol. The highest BCUT2D eigenvalue weighted by Crippen LogP contribution is 2.36. The van der Waals surface area contributed by atoms with E-state index in [1.165, 1.54) is 10.4 Å². The normalized spacial score (nSPS) is 13.6. The van der Waals surface area contributed by atoms with Crippen LogP contribution in [-0.2, 0) is 4.43 Å². The molecular weight excluding hydrogens is 296 g/mol. The van der Waals surface area contributed by atoms with Crippen LogP contribution in [0.5, 0.6) is 0 Å². The Morgan fingerprint density at radius 1 is 0.957 bits per heavy atom. The van der Waals surface area contributed by atoms with Gasteiger partial charge in [-0.1, -0.05) is 94.4 Å². The molecule has 0 N–H and O–H groups in total. The van der Waals surface area contributed by atoms with Gasteiger partial charge in [-0.25, -0.2) is 0 Å². The zero-order chi connectivity index (χ0) is 16.9. The van der Waals surface area contributed by atoms with E-state index in [0.29, 0.717) is 12.5 Å². The summed E-state index contributed by atoms with van der Waals surface area (Å²) in [6.45, 7) is 13.7. The lowest BCUT2D eigenvalue weighted by Gasteiger charge is -2.43. The molecule has 0 aliphatic rings. The first-order chi connectivity index (χ1) is 10.9. The second-order valence-electron chi connectivity index (χ2n) is 7.19. The van der Waals surface area contributed by atoms with Gasteiger partial charge in [-0.2, -0.15) is 0 Å². The quantitative estimate of drug-likeness (QED) is 0.566. The van der Waals surface area contributed by atoms with Crippen LogP contribution >= 0.6 is 0 Å². The van der Waals surface area contributed by atoms with Gasteiger partial charge >= 0.3 is 0 Å². The molecule has 0 radical (unpaired) electrons. The number of hydrogen-bond acceptors (Lipinski definition) is 1. The molecule has 0 amide bonds. The topological polar surface area (TPSA) is 9.23 Å². The molecule has 0 saturated heterocycles. The van der Waals surface area contributed by atoms with Crippen molar-refractivity contribution in [2.45, 2.75) is 32.7 Å². The van der Waals surface area contributed by atoms with Crippen molar-refractivity contribution in [1.82, 2.24) is 0 Å². The third-order valence-electron chi connectivity index (χ3n) is 4.38. The second kappa shape index (κ2) is 7.29. The zero-order valence-electron chi connectivity index (χ0n) is 14.8. The van der Waals surface area contributed by atoms with Crippen molar-refractivity contribution in [2.75, 3.05) is 6.61 Å². The van der Waals surface area contributed by atoms with Crippen LogP contribution in [0.4, 0.5) is 0 Å². The van der Waals surface area contributed by atoms with Crippen LogP contribution < -0.4 is 10.4 Å². The van der Waals surface area contributed by atoms with E-state index in [-0.39, 0.29) is 5.04 Å². The van der Waals surface area contributed by atoms with Crippen molar-refractivity contribution in [2.24, 2.45) is 5.92 Å². The fourth-order valence-electron chi connectivity index (χ4n) is 3.09. The van der Waals surface area contributed by atoms with Gasteiger partial charge in [-0.3, -0.25) is 0 Å². The van der Waals surface area contributed by atoms with Gasteiger partial charge in [0.25, 0.3) is 8.32 Å². The Labute approximate surface area is 142 Å². The van der Waals surface area contributed by atoms with Gasteiger partial charge in [0, 0.05) is 6.61 Å². The van der Waals surface area contributed by atoms with E-state index in [4.69, 9.17) is 4.43 Å². The molecule has 23 heavy (non-hydrogen) atoms. The minimum Gasteiger partial charge on any atom is -0.407 e. The Morgan fingerprint density at radius 2 is 1.39 bits per heavy atom. The highest BCUT2D eigenvalue weighted by Gasteiger charge is 2.50. The van der Waals surface area contributed by atoms with Crippen molar-refractivity contribution in [3.05, 3.63) is 73.3 Å². The Morgan fingerprint density at radius 3 is 1.74 bits per heavy atom. The molecule has 1 atom stereocenters. The molecule has 2 heteroatoms. The third-order valence-corrected chi connectivity index (χ3v) is 9.39. The Hall–Kier alpha value is -1.64. The molecular formula is C21H28OSi. The maximum atomic E-state index is 6.79. The van der Waals surface area contributed by atoms with E-state index in [2.05, 4.69) is 94.9 Å². The van der Waals surface area contributed by atoms with Gasteiger partial charge in [0.05, 0.1) is 0 Å². The van der Waals surface area contributed by atoms with Gasteiger partial charge < -0.3 is 4.43 Å². The standard InChI is InChI=1S/C21H28OSi/c1-6-18(2)17-22-23(21(3,4)5,19-13-9-7-10-14-19)20-15-11-8-12-16-20/h6-16,18H,1,17H2,2-5H3. The molecule has 0 aromatic heterocycles. The smallest absolute Gasteiger partial charge is 0.261 e. The molecule has 0 aliphatic carbocycles. The first kappa shape index (κ1) is 17.7. The van der Waals surface area contributed by atoms with E-state index in [1.54, 1.807) is 0 Å². The average Bonchev–Trinajstić information content (AvgIpc) is 2.56. The molecule has 0 heterocycles. The number of hydrogen-bond donors (Lipinski definition) is 0. The summed E-state index contributed by atoms with van der Waals surface area (Å²) < 4.78 is 6.79. The van der Waals surface area contributed by atoms with Crippen LogP contribution in [-0.4, -0.2) is 14.9 Å². The Bertz CT molecular complexity index is 574. The van der Waals surface area contributed by atoms with Gasteiger partial charge in [0.1, 0.15) is 0 Å². The maximum absolute atomic E-state index is 6.79. The summed E-state index contributed by atoms with van der Waals surface area (Å²) in [4.78, 5) is 0. The van der Waals surface area contributed by atoms with Crippen LogP contribution in [0.15, 0.2) is 73.3 Å². The fourth-order valence-corrected chi connectivity index (χ4v) is 7.75. The molecule has 0 bridgehead atoms. The van der Waals surface area contributed by atoms with Crippen LogP contribution in [0.2, 0.25) is 5.04 Å². The SMILES string of the molecule is C=CC(C)CO[Si](c1ccccc1)(c1ccccc1)C(C)(C)C. The van der Waals surface area contributed by atoms with Crippen LogP contribution in [0, 0.1) is 5.92 Å². The Kier molecular flexibility index (Phi) is 5.61. The molecule has 1 nitrogen and oxygen atoms in total. The van der Waals surface area contributed by atoms with E-state index in [0.717, 1.165) is 0 Å². The van der Waals surface area contributed by atoms with Crippen molar-refractivity contribution >= 4 is 18.7 Å². The van der Waals surface area contributed by atoms with Crippen LogP contribution in [0.3, 0.4) is 0 Å². The molecule has 2 aromatic carbocycles. The lowest BCUT2D eigenvalue weighted by atomic mass is 10.2. The highest BCUT2D eigenvalue weighted by molar-refractivity contribution is 6.99. The number of rotatable bonds is 6. The van der Waals surface area contributed by atoms with Gasteiger partial charge in [0.2, 0.25) is 0 Å². The van der Waals surface area contributed by atoms with Crippen molar-refractivity contribution < 1.29 is 4.43 Å². The van der Waals surface area contributed by atoms with Crippen LogP contribution in [0.25, 0.3) is 0 Å². The molecule has 2 aromatic rings. The van der Waals surface area contributed by atoms with Gasteiger partial charge in [-0.05, 0) is 21.3 Å². The summed E-state index contributed by atoms with van der Waals surface area (Å²) in [6, 6.07) is 21.5. The van der Waals surface area contributed by atoms with Crippen LogP contribution in [0.1, 0.15) is 27.7 Å². The third kappa shape index (κ3) is 3.65. The van der Waals surface area contributed by atoms with Crippen molar-refractivity contribution in [3.63, 3.8) is 0 Å². The Balaban J connectivity index is 2.62. The summed E-state index contributed by atoms with van der Waals surface area (Å²) in [5, 5.41) is 2.70. The lowest BCUT2D eigenvalue weighted by molar-refractivity contribution is 0.268. The zero-order valence-corrected chi connectivity index (χ0v) is 15.8. The first-order valence-corrected chi connectivity index (χ1v) is 10.2. The molecule has 0 aliphatic heterocycles. The summed E-state index contributed by atoms with van der Waals surface area (Å²) in [5.74, 6) is 0.344. The minimum atomic E-state index is -2.38. The molecule has 0 saturated carbocycles. The van der Waals surface area contributed by atoms with Gasteiger partial charge in [0.15, 0.2) is 0 Å². The minimum absolute atomic E-state index is 0.0383. The van der Waals surface area contributed by atoms with E-state index < -0.39 is 8.32 Å². The molecule has 122 valence electrons. The first-order valence-electron chi connectivity index (χ1n) is 8.29. The summed E-state index contributed by atoms with van der Waals surface area (Å²) in [6.07, 6.45) is 1.97. The molecule has 1 unspecified atom stereocenters. The predicted octanol–water partition coefficient (Wildman–Crippen LogP) is 4.39. The highest BCUT2D eigenvalue weighted by atomic mass is 28.4. The second-order valence-corrected chi connectivity index (χ2v) is 11.5. The molecule has 0 spiro atoms. The van der Waals surface area contributed by atoms with Gasteiger partial charge in [-0.15, -0.1) is 6.58 Å². The summed E-state index contributed by atoms with van der Waals surface area (Å²) in [5.41, 5.74) is 0. The summed E-state index contributed by atoms with van der Waals surface area (Å²) >= 11 is 0. The van der Waals surface area contributed by atoms with Crippen molar-refractivity contribution in [1.29, 1.82) is 0 Å². The monoisotopic (exact) mass is 324 g/mol. The van der Waals surface area contributed by atoms with E-state index in [9.17, 15) is 0 Å². The molecule has 2 rings (SSSR count). The molecule has 0 fully saturated rings. The fraction of sp³-hybridized carbons (Fsp3) is 0.333. The average molecular weight is 325 g/mol.